The number of aliphatic hydroxyl groups excluding tert-OH is 1. The van der Waals surface area contributed by atoms with Crippen LogP contribution in [-0.4, -0.2) is 46.4 Å². The molecule has 0 aliphatic carbocycles. The molecule has 3 atom stereocenters. The van der Waals surface area contributed by atoms with E-state index in [1.807, 2.05) is 6.07 Å². The molecule has 0 saturated heterocycles. The molecule has 0 bridgehead atoms. The summed E-state index contributed by atoms with van der Waals surface area (Å²) in [6.45, 7) is 1.31. The topological polar surface area (TPSA) is 125 Å². The summed E-state index contributed by atoms with van der Waals surface area (Å²) in [6.07, 6.45) is -2.09. The van der Waals surface area contributed by atoms with Crippen molar-refractivity contribution in [3.05, 3.63) is 71.8 Å². The van der Waals surface area contributed by atoms with Crippen LogP contribution in [0.5, 0.6) is 0 Å². The molecule has 0 heterocycles. The summed E-state index contributed by atoms with van der Waals surface area (Å²) >= 11 is 0. The van der Waals surface area contributed by atoms with E-state index in [0.717, 1.165) is 11.1 Å². The smallest absolute Gasteiger partial charge is 0.408 e. The normalized spacial score (nSPS) is 13.6. The highest BCUT2D eigenvalue weighted by Gasteiger charge is 2.30. The number of carbonyl (C=O) groups excluding carboxylic acids is 2. The van der Waals surface area contributed by atoms with Crippen molar-refractivity contribution in [2.75, 3.05) is 0 Å². The second-order valence-corrected chi connectivity index (χ2v) is 6.51. The number of ether oxygens (including phenoxy) is 1. The number of nitrogens with one attached hydrogen (secondary N) is 2. The van der Waals surface area contributed by atoms with Gasteiger partial charge in [-0.1, -0.05) is 60.7 Å². The zero-order valence-electron chi connectivity index (χ0n) is 15.9. The highest BCUT2D eigenvalue weighted by molar-refractivity contribution is 5.89. The number of benzene rings is 2. The average Bonchev–Trinajstić information content (AvgIpc) is 2.71. The quantitative estimate of drug-likeness (QED) is 0.505. The third kappa shape index (κ3) is 7.27. The summed E-state index contributed by atoms with van der Waals surface area (Å²) in [5, 5.41) is 23.9. The number of carboxylic acid groups (broad SMARTS) is 1. The summed E-state index contributed by atoms with van der Waals surface area (Å²) in [5.74, 6) is -2.04. The van der Waals surface area contributed by atoms with E-state index < -0.39 is 36.2 Å². The lowest BCUT2D eigenvalue weighted by Gasteiger charge is -2.23. The maximum atomic E-state index is 12.5. The van der Waals surface area contributed by atoms with E-state index in [0.29, 0.717) is 0 Å². The largest absolute Gasteiger partial charge is 0.480 e. The van der Waals surface area contributed by atoms with E-state index in [-0.39, 0.29) is 13.0 Å². The molecule has 4 N–H and O–H groups in total. The molecule has 0 unspecified atom stereocenters. The van der Waals surface area contributed by atoms with Crippen LogP contribution in [0, 0.1) is 0 Å². The van der Waals surface area contributed by atoms with Crippen molar-refractivity contribution in [2.24, 2.45) is 0 Å². The molecule has 0 radical (unpaired) electrons. The van der Waals surface area contributed by atoms with Gasteiger partial charge in [0.05, 0.1) is 6.10 Å². The van der Waals surface area contributed by atoms with Gasteiger partial charge in [-0.25, -0.2) is 9.59 Å². The molecule has 0 fully saturated rings. The van der Waals surface area contributed by atoms with Gasteiger partial charge in [0, 0.05) is 6.42 Å². The van der Waals surface area contributed by atoms with Crippen molar-refractivity contribution in [1.29, 1.82) is 0 Å². The first-order valence-corrected chi connectivity index (χ1v) is 9.09. The first-order valence-electron chi connectivity index (χ1n) is 9.09. The molecule has 0 aliphatic rings. The lowest BCUT2D eigenvalue weighted by atomic mass is 10.0. The van der Waals surface area contributed by atoms with Gasteiger partial charge >= 0.3 is 12.1 Å². The summed E-state index contributed by atoms with van der Waals surface area (Å²) in [7, 11) is 0. The predicted octanol–water partition coefficient (Wildman–Crippen LogP) is 1.47. The molecule has 0 aliphatic heterocycles. The van der Waals surface area contributed by atoms with Crippen LogP contribution in [0.2, 0.25) is 0 Å². The average molecular weight is 400 g/mol. The van der Waals surface area contributed by atoms with Gasteiger partial charge in [-0.2, -0.15) is 0 Å². The lowest BCUT2D eigenvalue weighted by Crippen LogP contribution is -2.56. The van der Waals surface area contributed by atoms with Crippen LogP contribution in [0.4, 0.5) is 4.79 Å². The minimum absolute atomic E-state index is 0.00736. The zero-order valence-corrected chi connectivity index (χ0v) is 15.9. The number of hydrogen-bond acceptors (Lipinski definition) is 5. The minimum Gasteiger partial charge on any atom is -0.480 e. The van der Waals surface area contributed by atoms with Crippen LogP contribution in [-0.2, 0) is 27.4 Å². The fourth-order valence-electron chi connectivity index (χ4n) is 2.61. The van der Waals surface area contributed by atoms with E-state index in [2.05, 4.69) is 10.6 Å². The number of rotatable bonds is 9. The van der Waals surface area contributed by atoms with Gasteiger partial charge in [-0.05, 0) is 18.1 Å². The van der Waals surface area contributed by atoms with Gasteiger partial charge in [0.2, 0.25) is 5.91 Å². The number of aliphatic carboxylic acids is 1. The Labute approximate surface area is 168 Å². The molecule has 2 aromatic carbocycles. The highest BCUT2D eigenvalue weighted by atomic mass is 16.5. The molecule has 2 aromatic rings. The predicted molar refractivity (Wildman–Crippen MR) is 105 cm³/mol. The van der Waals surface area contributed by atoms with Gasteiger partial charge in [0.1, 0.15) is 18.7 Å². The molecule has 8 heteroatoms. The van der Waals surface area contributed by atoms with E-state index in [1.165, 1.54) is 6.92 Å². The maximum Gasteiger partial charge on any atom is 0.408 e. The molecular weight excluding hydrogens is 376 g/mol. The Bertz CT molecular complexity index is 810. The SMILES string of the molecule is C[C@@H](O)[C@@H](NC(=O)OCc1ccccc1)C(=O)N[C@@H](Cc1ccccc1)C(=O)O. The summed E-state index contributed by atoms with van der Waals surface area (Å²) in [6, 6.07) is 15.2. The molecule has 0 aromatic heterocycles. The third-order valence-corrected chi connectivity index (χ3v) is 4.15. The van der Waals surface area contributed by atoms with Crippen LogP contribution in [0.1, 0.15) is 18.1 Å². The van der Waals surface area contributed by atoms with Crippen LogP contribution in [0.25, 0.3) is 0 Å². The second kappa shape index (κ2) is 10.8. The lowest BCUT2D eigenvalue weighted by molar-refractivity contribution is -0.142. The van der Waals surface area contributed by atoms with E-state index in [1.54, 1.807) is 54.6 Å². The Morgan fingerprint density at radius 3 is 2.00 bits per heavy atom. The monoisotopic (exact) mass is 400 g/mol. The van der Waals surface area contributed by atoms with Gasteiger partial charge in [0.25, 0.3) is 0 Å². The van der Waals surface area contributed by atoms with Crippen molar-refractivity contribution in [1.82, 2.24) is 10.6 Å². The standard InChI is InChI=1S/C21H24N2O6/c1-14(24)18(23-21(28)29-13-16-10-6-3-7-11-16)19(25)22-17(20(26)27)12-15-8-4-2-5-9-15/h2-11,14,17-18,24H,12-13H2,1H3,(H,22,25)(H,23,28)(H,26,27)/t14-,17+,18-/m1/s1. The van der Waals surface area contributed by atoms with Crippen molar-refractivity contribution < 1.29 is 29.3 Å². The summed E-state index contributed by atoms with van der Waals surface area (Å²) in [5.41, 5.74) is 1.48. The van der Waals surface area contributed by atoms with Gasteiger partial charge in [-0.15, -0.1) is 0 Å². The first kappa shape index (κ1) is 21.9. The first-order chi connectivity index (χ1) is 13.9. The van der Waals surface area contributed by atoms with E-state index >= 15 is 0 Å². The van der Waals surface area contributed by atoms with Crippen LogP contribution in [0.15, 0.2) is 60.7 Å². The Kier molecular flexibility index (Phi) is 8.17. The number of hydrogen-bond donors (Lipinski definition) is 4. The maximum absolute atomic E-state index is 12.5. The molecule has 0 saturated carbocycles. The summed E-state index contributed by atoms with van der Waals surface area (Å²) < 4.78 is 5.05. The molecule has 29 heavy (non-hydrogen) atoms. The Morgan fingerprint density at radius 2 is 1.48 bits per heavy atom. The van der Waals surface area contributed by atoms with E-state index in [4.69, 9.17) is 4.74 Å². The molecule has 2 amide bonds. The van der Waals surface area contributed by atoms with Gasteiger partial charge < -0.3 is 25.6 Å². The molecule has 2 rings (SSSR count). The Balaban J connectivity index is 1.96. The summed E-state index contributed by atoms with van der Waals surface area (Å²) in [4.78, 5) is 36.0. The number of amides is 2. The van der Waals surface area contributed by atoms with Crippen LogP contribution in [0.3, 0.4) is 0 Å². The fourth-order valence-corrected chi connectivity index (χ4v) is 2.61. The van der Waals surface area contributed by atoms with Crippen LogP contribution < -0.4 is 10.6 Å². The Hall–Kier alpha value is -3.39. The molecule has 0 spiro atoms. The zero-order chi connectivity index (χ0) is 21.2. The van der Waals surface area contributed by atoms with E-state index in [9.17, 15) is 24.6 Å². The molecule has 8 nitrogen and oxygen atoms in total. The molecule has 154 valence electrons. The van der Waals surface area contributed by atoms with Crippen molar-refractivity contribution >= 4 is 18.0 Å². The second-order valence-electron chi connectivity index (χ2n) is 6.51. The molecular formula is C21H24N2O6. The van der Waals surface area contributed by atoms with Crippen molar-refractivity contribution in [3.8, 4) is 0 Å². The fraction of sp³-hybridized carbons (Fsp3) is 0.286. The minimum atomic E-state index is -1.36. The third-order valence-electron chi connectivity index (χ3n) is 4.15. The van der Waals surface area contributed by atoms with Gasteiger partial charge in [-0.3, -0.25) is 4.79 Å². The number of carboxylic acids is 1. The van der Waals surface area contributed by atoms with Gasteiger partial charge in [0.15, 0.2) is 0 Å². The van der Waals surface area contributed by atoms with Crippen molar-refractivity contribution in [3.63, 3.8) is 0 Å². The number of aliphatic hydroxyl groups is 1. The number of alkyl carbamates (subject to hydrolysis) is 1. The highest BCUT2D eigenvalue weighted by Crippen LogP contribution is 2.05. The number of carbonyl (C=O) groups is 3. The van der Waals surface area contributed by atoms with Crippen LogP contribution >= 0.6 is 0 Å². The van der Waals surface area contributed by atoms with Crippen molar-refractivity contribution in [2.45, 2.75) is 38.1 Å². The Morgan fingerprint density at radius 1 is 0.931 bits per heavy atom.